The molecule has 1 atom stereocenters. The summed E-state index contributed by atoms with van der Waals surface area (Å²) in [4.78, 5) is 14.8. The highest BCUT2D eigenvalue weighted by atomic mass is 32.2. The Kier molecular flexibility index (Phi) is 4.63. The molecule has 1 amide bonds. The summed E-state index contributed by atoms with van der Waals surface area (Å²) in [5, 5.41) is 0. The molecule has 0 bridgehead atoms. The fourth-order valence-corrected chi connectivity index (χ4v) is 2.57. The smallest absolute Gasteiger partial charge is 0.253 e. The molecule has 18 heavy (non-hydrogen) atoms. The molecule has 1 aromatic rings. The Balaban J connectivity index is 2.11. The first-order valence-electron chi connectivity index (χ1n) is 6.09. The highest BCUT2D eigenvalue weighted by Crippen LogP contribution is 2.23. The van der Waals surface area contributed by atoms with Gasteiger partial charge in [-0.3, -0.25) is 4.79 Å². The average Bonchev–Trinajstić information content (AvgIpc) is 2.41. The zero-order valence-corrected chi connectivity index (χ0v) is 11.3. The van der Waals surface area contributed by atoms with Crippen LogP contribution in [0.1, 0.15) is 6.92 Å². The number of carbonyl (C=O) groups excluding carboxylic acids is 1. The van der Waals surface area contributed by atoms with Gasteiger partial charge in [0, 0.05) is 17.1 Å². The number of amides is 1. The average molecular weight is 266 g/mol. The van der Waals surface area contributed by atoms with E-state index in [1.807, 2.05) is 24.3 Å². The van der Waals surface area contributed by atoms with Crippen molar-refractivity contribution < 1.29 is 9.53 Å². The lowest BCUT2D eigenvalue weighted by Gasteiger charge is -2.32. The van der Waals surface area contributed by atoms with Gasteiger partial charge in [0.2, 0.25) is 0 Å². The molecule has 1 aromatic carbocycles. The summed E-state index contributed by atoms with van der Waals surface area (Å²) in [6.07, 6.45) is -0.0626. The van der Waals surface area contributed by atoms with Crippen molar-refractivity contribution in [2.45, 2.75) is 17.9 Å². The van der Waals surface area contributed by atoms with Gasteiger partial charge in [0.15, 0.2) is 0 Å². The van der Waals surface area contributed by atoms with Crippen LogP contribution in [0.4, 0.5) is 5.69 Å². The van der Waals surface area contributed by atoms with Crippen molar-refractivity contribution in [3.8, 4) is 0 Å². The number of nitrogens with two attached hydrogens (primary N) is 1. The lowest BCUT2D eigenvalue weighted by Crippen LogP contribution is -2.49. The Morgan fingerprint density at radius 2 is 2.17 bits per heavy atom. The Labute approximate surface area is 111 Å². The predicted molar refractivity (Wildman–Crippen MR) is 74.0 cm³/mol. The Morgan fingerprint density at radius 1 is 1.44 bits per heavy atom. The minimum atomic E-state index is -0.0626. The van der Waals surface area contributed by atoms with Crippen molar-refractivity contribution in [2.75, 3.05) is 30.3 Å². The first kappa shape index (κ1) is 13.4. The molecule has 5 heteroatoms. The predicted octanol–water partition coefficient (Wildman–Crippen LogP) is 1.49. The maximum atomic E-state index is 11.8. The zero-order valence-electron chi connectivity index (χ0n) is 10.5. The minimum Gasteiger partial charge on any atom is -0.365 e. The van der Waals surface area contributed by atoms with Crippen molar-refractivity contribution >= 4 is 23.4 Å². The summed E-state index contributed by atoms with van der Waals surface area (Å²) in [5.74, 6) is 1.04. The fraction of sp³-hybridized carbons (Fsp3) is 0.462. The molecule has 0 radical (unpaired) electrons. The van der Waals surface area contributed by atoms with E-state index in [-0.39, 0.29) is 18.6 Å². The molecular formula is C13H18N2O2S. The van der Waals surface area contributed by atoms with Crippen molar-refractivity contribution in [3.05, 3.63) is 24.3 Å². The SMILES string of the molecule is CCSc1ccc(N2CC(CN)OCC2=O)cc1. The number of rotatable bonds is 4. The van der Waals surface area contributed by atoms with Gasteiger partial charge in [0.1, 0.15) is 6.61 Å². The molecule has 0 spiro atoms. The van der Waals surface area contributed by atoms with Crippen LogP contribution in [0.25, 0.3) is 0 Å². The third kappa shape index (κ3) is 3.04. The largest absolute Gasteiger partial charge is 0.365 e. The number of hydrogen-bond acceptors (Lipinski definition) is 4. The number of anilines is 1. The third-order valence-electron chi connectivity index (χ3n) is 2.85. The molecule has 1 aliphatic rings. The topological polar surface area (TPSA) is 55.6 Å². The van der Waals surface area contributed by atoms with Crippen molar-refractivity contribution in [3.63, 3.8) is 0 Å². The van der Waals surface area contributed by atoms with Gasteiger partial charge in [0.05, 0.1) is 12.6 Å². The quantitative estimate of drug-likeness (QED) is 0.839. The second kappa shape index (κ2) is 6.22. The summed E-state index contributed by atoms with van der Waals surface area (Å²) in [6.45, 7) is 3.21. The van der Waals surface area contributed by atoms with E-state index in [9.17, 15) is 4.79 Å². The van der Waals surface area contributed by atoms with Crippen LogP contribution in [-0.4, -0.2) is 37.5 Å². The van der Waals surface area contributed by atoms with E-state index in [1.54, 1.807) is 16.7 Å². The van der Waals surface area contributed by atoms with Crippen molar-refractivity contribution in [1.82, 2.24) is 0 Å². The van der Waals surface area contributed by atoms with Crippen molar-refractivity contribution in [1.29, 1.82) is 0 Å². The minimum absolute atomic E-state index is 0.00408. The Hall–Kier alpha value is -1.04. The molecule has 0 aliphatic carbocycles. The summed E-state index contributed by atoms with van der Waals surface area (Å²) in [6, 6.07) is 8.05. The summed E-state index contributed by atoms with van der Waals surface area (Å²) >= 11 is 1.79. The van der Waals surface area contributed by atoms with Gasteiger partial charge in [-0.1, -0.05) is 6.92 Å². The second-order valence-electron chi connectivity index (χ2n) is 4.10. The molecule has 1 saturated heterocycles. The summed E-state index contributed by atoms with van der Waals surface area (Å²) in [7, 11) is 0. The van der Waals surface area contributed by atoms with Crippen LogP contribution in [0.2, 0.25) is 0 Å². The van der Waals surface area contributed by atoms with E-state index in [1.165, 1.54) is 4.90 Å². The fourth-order valence-electron chi connectivity index (χ4n) is 1.91. The van der Waals surface area contributed by atoms with Gasteiger partial charge in [-0.05, 0) is 30.0 Å². The molecule has 1 aliphatic heterocycles. The van der Waals surface area contributed by atoms with Gasteiger partial charge in [-0.2, -0.15) is 0 Å². The monoisotopic (exact) mass is 266 g/mol. The van der Waals surface area contributed by atoms with E-state index < -0.39 is 0 Å². The molecule has 0 aromatic heterocycles. The third-order valence-corrected chi connectivity index (χ3v) is 3.75. The molecule has 1 fully saturated rings. The lowest BCUT2D eigenvalue weighted by atomic mass is 10.2. The van der Waals surface area contributed by atoms with Gasteiger partial charge < -0.3 is 15.4 Å². The van der Waals surface area contributed by atoms with E-state index in [2.05, 4.69) is 6.92 Å². The molecule has 1 heterocycles. The molecule has 4 nitrogen and oxygen atoms in total. The van der Waals surface area contributed by atoms with Crippen LogP contribution >= 0.6 is 11.8 Å². The van der Waals surface area contributed by atoms with Gasteiger partial charge >= 0.3 is 0 Å². The van der Waals surface area contributed by atoms with E-state index in [0.717, 1.165) is 11.4 Å². The van der Waals surface area contributed by atoms with E-state index >= 15 is 0 Å². The molecule has 98 valence electrons. The lowest BCUT2D eigenvalue weighted by molar-refractivity contribution is -0.128. The summed E-state index contributed by atoms with van der Waals surface area (Å²) in [5.41, 5.74) is 6.51. The Morgan fingerprint density at radius 3 is 2.78 bits per heavy atom. The standard InChI is InChI=1S/C13H18N2O2S/c1-2-18-12-5-3-10(4-6-12)15-8-11(7-14)17-9-13(15)16/h3-6,11H,2,7-9,14H2,1H3. The number of ether oxygens (including phenoxy) is 1. The zero-order chi connectivity index (χ0) is 13.0. The number of hydrogen-bond donors (Lipinski definition) is 1. The maximum absolute atomic E-state index is 11.8. The number of morpholine rings is 1. The molecule has 1 unspecified atom stereocenters. The molecule has 2 N–H and O–H groups in total. The molecular weight excluding hydrogens is 248 g/mol. The highest BCUT2D eigenvalue weighted by molar-refractivity contribution is 7.99. The van der Waals surface area contributed by atoms with Gasteiger partial charge in [-0.15, -0.1) is 11.8 Å². The Bertz CT molecular complexity index is 408. The number of benzene rings is 1. The highest BCUT2D eigenvalue weighted by Gasteiger charge is 2.26. The summed E-state index contributed by atoms with van der Waals surface area (Å²) < 4.78 is 5.33. The van der Waals surface area contributed by atoms with Crippen LogP contribution in [0.3, 0.4) is 0 Å². The first-order chi connectivity index (χ1) is 8.74. The van der Waals surface area contributed by atoms with E-state index in [0.29, 0.717) is 13.1 Å². The van der Waals surface area contributed by atoms with Crippen LogP contribution in [-0.2, 0) is 9.53 Å². The molecule has 2 rings (SSSR count). The van der Waals surface area contributed by atoms with Crippen LogP contribution in [0, 0.1) is 0 Å². The molecule has 0 saturated carbocycles. The first-order valence-corrected chi connectivity index (χ1v) is 7.08. The van der Waals surface area contributed by atoms with Crippen LogP contribution in [0.5, 0.6) is 0 Å². The van der Waals surface area contributed by atoms with E-state index in [4.69, 9.17) is 10.5 Å². The maximum Gasteiger partial charge on any atom is 0.253 e. The van der Waals surface area contributed by atoms with Crippen LogP contribution < -0.4 is 10.6 Å². The second-order valence-corrected chi connectivity index (χ2v) is 5.44. The van der Waals surface area contributed by atoms with Crippen LogP contribution in [0.15, 0.2) is 29.2 Å². The normalized spacial score (nSPS) is 20.2. The van der Waals surface area contributed by atoms with Gasteiger partial charge in [-0.25, -0.2) is 0 Å². The van der Waals surface area contributed by atoms with Gasteiger partial charge in [0.25, 0.3) is 5.91 Å². The number of nitrogens with zero attached hydrogens (tertiary/aromatic N) is 1. The number of thioether (sulfide) groups is 1. The van der Waals surface area contributed by atoms with Crippen molar-refractivity contribution in [2.24, 2.45) is 5.73 Å². The number of carbonyl (C=O) groups is 1.